The Bertz CT molecular complexity index is 1530. The minimum Gasteiger partial charge on any atom is -0.334 e. The average molecular weight is 492 g/mol. The Kier molecular flexibility index (Phi) is 5.45. The van der Waals surface area contributed by atoms with Crippen molar-refractivity contribution < 1.29 is 18.0 Å². The van der Waals surface area contributed by atoms with Crippen LogP contribution in [-0.2, 0) is 14.6 Å². The third-order valence-corrected chi connectivity index (χ3v) is 8.07. The van der Waals surface area contributed by atoms with Crippen LogP contribution in [0.2, 0.25) is 0 Å². The van der Waals surface area contributed by atoms with Crippen LogP contribution in [0.5, 0.6) is 0 Å². The van der Waals surface area contributed by atoms with Gasteiger partial charge in [0.2, 0.25) is 5.91 Å². The van der Waals surface area contributed by atoms with Crippen LogP contribution < -0.4 is 5.32 Å². The summed E-state index contributed by atoms with van der Waals surface area (Å²) in [7, 11) is -1.64. The molecule has 0 saturated carbocycles. The number of hydrogen-bond acceptors (Lipinski definition) is 6. The monoisotopic (exact) mass is 491 g/mol. The normalized spacial score (nSPS) is 18.1. The molecule has 0 unspecified atom stereocenters. The highest BCUT2D eigenvalue weighted by molar-refractivity contribution is 7.90. The highest BCUT2D eigenvalue weighted by atomic mass is 32.2. The molecule has 0 fully saturated rings. The van der Waals surface area contributed by atoms with Gasteiger partial charge in [-0.25, -0.2) is 13.4 Å². The van der Waals surface area contributed by atoms with E-state index in [1.165, 1.54) is 17.4 Å². The van der Waals surface area contributed by atoms with Gasteiger partial charge in [0.15, 0.2) is 15.0 Å². The van der Waals surface area contributed by atoms with Crippen molar-refractivity contribution in [2.45, 2.75) is 16.9 Å². The van der Waals surface area contributed by atoms with E-state index >= 15 is 0 Å². The Morgan fingerprint density at radius 3 is 2.47 bits per heavy atom. The van der Waals surface area contributed by atoms with Crippen LogP contribution in [0.15, 0.2) is 77.7 Å². The van der Waals surface area contributed by atoms with E-state index in [1.807, 2.05) is 42.5 Å². The molecule has 1 aliphatic heterocycles. The number of rotatable bonds is 4. The number of thiazole rings is 1. The standard InChI is InChI=1S/C25H21N3O4S2/c1-28-22(15-8-4-3-5-9-15)21(17-10-6-7-11-18(17)24(28)30)23(29)27-25-26-19-13-12-16(34(2,31)32)14-20(19)33-25/h3-14,21-22H,1-2H3,(H,26,27,29)/t21-,22+/m1/s1. The van der Waals surface area contributed by atoms with Gasteiger partial charge in [0.25, 0.3) is 5.91 Å². The number of benzene rings is 3. The van der Waals surface area contributed by atoms with Crippen LogP contribution in [-0.4, -0.2) is 43.4 Å². The van der Waals surface area contributed by atoms with Crippen LogP contribution in [0.25, 0.3) is 10.2 Å². The molecule has 5 rings (SSSR count). The fraction of sp³-hybridized carbons (Fsp3) is 0.160. The van der Waals surface area contributed by atoms with Crippen molar-refractivity contribution in [3.05, 3.63) is 89.5 Å². The summed E-state index contributed by atoms with van der Waals surface area (Å²) < 4.78 is 24.5. The lowest BCUT2D eigenvalue weighted by molar-refractivity contribution is -0.119. The summed E-state index contributed by atoms with van der Waals surface area (Å²) >= 11 is 1.21. The average Bonchev–Trinajstić information content (AvgIpc) is 3.22. The maximum absolute atomic E-state index is 13.7. The van der Waals surface area contributed by atoms with Crippen LogP contribution in [0.3, 0.4) is 0 Å². The van der Waals surface area contributed by atoms with E-state index in [0.717, 1.165) is 11.8 Å². The summed E-state index contributed by atoms with van der Waals surface area (Å²) in [6.45, 7) is 0. The summed E-state index contributed by atoms with van der Waals surface area (Å²) in [4.78, 5) is 33.1. The van der Waals surface area contributed by atoms with Gasteiger partial charge in [0.05, 0.1) is 27.1 Å². The maximum atomic E-state index is 13.7. The van der Waals surface area contributed by atoms with Crippen LogP contribution >= 0.6 is 11.3 Å². The van der Waals surface area contributed by atoms with E-state index in [2.05, 4.69) is 10.3 Å². The van der Waals surface area contributed by atoms with E-state index in [0.29, 0.717) is 26.5 Å². The van der Waals surface area contributed by atoms with Crippen molar-refractivity contribution in [3.8, 4) is 0 Å². The van der Waals surface area contributed by atoms with Gasteiger partial charge >= 0.3 is 0 Å². The number of hydrogen-bond donors (Lipinski definition) is 1. The number of nitrogens with one attached hydrogen (secondary N) is 1. The second-order valence-corrected chi connectivity index (χ2v) is 11.3. The molecule has 1 aromatic heterocycles. The van der Waals surface area contributed by atoms with Gasteiger partial charge in [-0.3, -0.25) is 9.59 Å². The zero-order chi connectivity index (χ0) is 24.0. The molecule has 34 heavy (non-hydrogen) atoms. The third kappa shape index (κ3) is 3.86. The van der Waals surface area contributed by atoms with Gasteiger partial charge in [-0.1, -0.05) is 59.9 Å². The molecule has 2 atom stereocenters. The molecule has 0 saturated heterocycles. The molecule has 0 aliphatic carbocycles. The smallest absolute Gasteiger partial charge is 0.254 e. The van der Waals surface area contributed by atoms with Crippen molar-refractivity contribution in [1.29, 1.82) is 0 Å². The van der Waals surface area contributed by atoms with Crippen molar-refractivity contribution >= 4 is 48.3 Å². The van der Waals surface area contributed by atoms with E-state index in [9.17, 15) is 18.0 Å². The topological polar surface area (TPSA) is 96.4 Å². The zero-order valence-corrected chi connectivity index (χ0v) is 20.1. The van der Waals surface area contributed by atoms with Crippen molar-refractivity contribution in [2.24, 2.45) is 0 Å². The highest BCUT2D eigenvalue weighted by Gasteiger charge is 2.42. The molecule has 0 spiro atoms. The van der Waals surface area contributed by atoms with Crippen LogP contribution in [0, 0.1) is 0 Å². The summed E-state index contributed by atoms with van der Waals surface area (Å²) in [5, 5.41) is 3.29. The number of carbonyl (C=O) groups is 2. The molecular formula is C25H21N3O4S2. The first-order valence-electron chi connectivity index (χ1n) is 10.6. The predicted molar refractivity (Wildman–Crippen MR) is 132 cm³/mol. The molecule has 172 valence electrons. The Hall–Kier alpha value is -3.56. The van der Waals surface area contributed by atoms with Gasteiger partial charge < -0.3 is 10.2 Å². The van der Waals surface area contributed by atoms with Gasteiger partial charge in [-0.2, -0.15) is 0 Å². The Morgan fingerprint density at radius 2 is 1.74 bits per heavy atom. The highest BCUT2D eigenvalue weighted by Crippen LogP contribution is 2.42. The summed E-state index contributed by atoms with van der Waals surface area (Å²) in [6.07, 6.45) is 1.15. The van der Waals surface area contributed by atoms with E-state index < -0.39 is 21.8 Å². The van der Waals surface area contributed by atoms with E-state index in [-0.39, 0.29) is 16.7 Å². The lowest BCUT2D eigenvalue weighted by Crippen LogP contribution is -2.44. The first kappa shape index (κ1) is 22.2. The molecule has 3 aromatic carbocycles. The number of nitrogens with zero attached hydrogens (tertiary/aromatic N) is 2. The number of fused-ring (bicyclic) bond motifs is 2. The van der Waals surface area contributed by atoms with Crippen LogP contribution in [0.1, 0.15) is 33.4 Å². The first-order chi connectivity index (χ1) is 16.2. The molecule has 0 bridgehead atoms. The lowest BCUT2D eigenvalue weighted by Gasteiger charge is -2.39. The summed E-state index contributed by atoms with van der Waals surface area (Å²) in [6, 6.07) is 20.9. The molecule has 0 radical (unpaired) electrons. The van der Waals surface area contributed by atoms with Crippen LogP contribution in [0.4, 0.5) is 5.13 Å². The number of anilines is 1. The van der Waals surface area contributed by atoms with Crippen molar-refractivity contribution in [2.75, 3.05) is 18.6 Å². The molecule has 9 heteroatoms. The fourth-order valence-electron chi connectivity index (χ4n) is 4.40. The van der Waals surface area contributed by atoms with Crippen molar-refractivity contribution in [3.63, 3.8) is 0 Å². The predicted octanol–water partition coefficient (Wildman–Crippen LogP) is 4.25. The number of aromatic nitrogens is 1. The molecule has 1 N–H and O–H groups in total. The number of sulfone groups is 1. The Morgan fingerprint density at radius 1 is 1.03 bits per heavy atom. The second kappa shape index (κ2) is 8.34. The summed E-state index contributed by atoms with van der Waals surface area (Å²) in [5.74, 6) is -1.08. The van der Waals surface area contributed by atoms with Crippen molar-refractivity contribution in [1.82, 2.24) is 9.88 Å². The minimum atomic E-state index is -3.35. The molecule has 2 heterocycles. The number of amides is 2. The van der Waals surface area contributed by atoms with Gasteiger partial charge in [-0.15, -0.1) is 0 Å². The molecule has 7 nitrogen and oxygen atoms in total. The number of likely N-dealkylation sites (N-methyl/N-ethyl adjacent to an activating group) is 1. The Balaban J connectivity index is 1.55. The first-order valence-corrected chi connectivity index (χ1v) is 13.3. The second-order valence-electron chi connectivity index (χ2n) is 8.25. The van der Waals surface area contributed by atoms with Gasteiger partial charge in [0, 0.05) is 18.9 Å². The zero-order valence-electron chi connectivity index (χ0n) is 18.4. The molecule has 4 aromatic rings. The fourth-order valence-corrected chi connectivity index (χ4v) is 6.03. The minimum absolute atomic E-state index is 0.137. The van der Waals surface area contributed by atoms with E-state index in [1.54, 1.807) is 36.2 Å². The number of carbonyl (C=O) groups excluding carboxylic acids is 2. The maximum Gasteiger partial charge on any atom is 0.254 e. The molecule has 1 aliphatic rings. The third-order valence-electron chi connectivity index (χ3n) is 6.02. The molecule has 2 amide bonds. The largest absolute Gasteiger partial charge is 0.334 e. The quantitative estimate of drug-likeness (QED) is 0.460. The lowest BCUT2D eigenvalue weighted by atomic mass is 9.79. The molecular weight excluding hydrogens is 470 g/mol. The SMILES string of the molecule is CN1C(=O)c2ccccc2[C@@H](C(=O)Nc2nc3ccc(S(C)(=O)=O)cc3s2)[C@@H]1c1ccccc1. The summed E-state index contributed by atoms with van der Waals surface area (Å²) in [5.41, 5.74) is 2.62. The van der Waals surface area contributed by atoms with Gasteiger partial charge in [0.1, 0.15) is 0 Å². The van der Waals surface area contributed by atoms with Gasteiger partial charge in [-0.05, 0) is 35.4 Å². The Labute approximate surface area is 201 Å². The van der Waals surface area contributed by atoms with E-state index in [4.69, 9.17) is 0 Å².